The summed E-state index contributed by atoms with van der Waals surface area (Å²) in [6.45, 7) is 0.950. The molecule has 0 bridgehead atoms. The van der Waals surface area contributed by atoms with Crippen LogP contribution in [-0.2, 0) is 10.0 Å². The molecular formula is C18H24N6O3S. The van der Waals surface area contributed by atoms with Gasteiger partial charge in [0.1, 0.15) is 5.82 Å². The second-order valence-corrected chi connectivity index (χ2v) is 9.61. The van der Waals surface area contributed by atoms with E-state index in [1.807, 2.05) is 4.90 Å². The minimum absolute atomic E-state index is 0.0897. The maximum Gasteiger partial charge on any atom is 0.224 e. The zero-order valence-electron chi connectivity index (χ0n) is 15.7. The summed E-state index contributed by atoms with van der Waals surface area (Å²) < 4.78 is 24.8. The molecule has 1 aliphatic carbocycles. The largest absolute Gasteiger partial charge is 0.369 e. The number of aliphatic hydroxyl groups excluding tert-OH is 1. The van der Waals surface area contributed by atoms with Crippen LogP contribution in [0.2, 0.25) is 0 Å². The average Bonchev–Trinajstić information content (AvgIpc) is 2.62. The zero-order chi connectivity index (χ0) is 19.9. The predicted molar refractivity (Wildman–Crippen MR) is 105 cm³/mol. The van der Waals surface area contributed by atoms with Crippen molar-refractivity contribution in [3.63, 3.8) is 0 Å². The van der Waals surface area contributed by atoms with Crippen molar-refractivity contribution in [2.45, 2.75) is 50.4 Å². The van der Waals surface area contributed by atoms with Crippen molar-refractivity contribution in [1.29, 1.82) is 5.26 Å². The normalized spacial score (nSPS) is 24.1. The minimum atomic E-state index is -3.15. The molecule has 1 atom stereocenters. The van der Waals surface area contributed by atoms with E-state index in [0.29, 0.717) is 43.3 Å². The number of hydrogen-bond donors (Lipinski definition) is 2. The van der Waals surface area contributed by atoms with Gasteiger partial charge in [0.2, 0.25) is 16.0 Å². The molecule has 28 heavy (non-hydrogen) atoms. The molecule has 0 spiro atoms. The number of piperidine rings is 1. The first-order valence-electron chi connectivity index (χ1n) is 9.53. The highest BCUT2D eigenvalue weighted by Crippen LogP contribution is 2.37. The molecule has 1 aromatic rings. The molecule has 0 aromatic carbocycles. The molecule has 4 rings (SSSR count). The quantitative estimate of drug-likeness (QED) is 0.759. The standard InChI is InChI=1S/C18H24N6O3S/c1-28(26,27)23-7-5-14(6-8-23)21-18-20-11-13-9-12(10-19)17(25)24(16(13)22-18)15-3-2-4-15/h9,11,14-15,17,25H,2-8H2,1H3,(H,20,21,22). The molecule has 9 nitrogen and oxygen atoms in total. The molecule has 10 heteroatoms. The van der Waals surface area contributed by atoms with Gasteiger partial charge in [0.05, 0.1) is 17.9 Å². The molecule has 3 heterocycles. The van der Waals surface area contributed by atoms with E-state index in [0.717, 1.165) is 24.8 Å². The van der Waals surface area contributed by atoms with Gasteiger partial charge < -0.3 is 15.3 Å². The Hall–Kier alpha value is -2.22. The van der Waals surface area contributed by atoms with Crippen LogP contribution < -0.4 is 10.2 Å². The van der Waals surface area contributed by atoms with Gasteiger partial charge in [-0.2, -0.15) is 10.2 Å². The summed E-state index contributed by atoms with van der Waals surface area (Å²) in [5.41, 5.74) is 1.03. The summed E-state index contributed by atoms with van der Waals surface area (Å²) in [5.74, 6) is 1.10. The van der Waals surface area contributed by atoms with E-state index in [-0.39, 0.29) is 12.1 Å². The molecular weight excluding hydrogens is 380 g/mol. The van der Waals surface area contributed by atoms with E-state index in [1.165, 1.54) is 10.6 Å². The highest BCUT2D eigenvalue weighted by Gasteiger charge is 2.37. The molecule has 1 saturated heterocycles. The number of aromatic nitrogens is 2. The third kappa shape index (κ3) is 3.57. The lowest BCUT2D eigenvalue weighted by atomic mass is 9.89. The monoisotopic (exact) mass is 404 g/mol. The van der Waals surface area contributed by atoms with Crippen molar-refractivity contribution in [3.8, 4) is 6.07 Å². The summed E-state index contributed by atoms with van der Waals surface area (Å²) in [4.78, 5) is 10.8. The highest BCUT2D eigenvalue weighted by molar-refractivity contribution is 7.88. The number of aliphatic hydroxyl groups is 1. The SMILES string of the molecule is CS(=O)(=O)N1CCC(Nc2ncc3c(n2)N(C2CCC2)C(O)C(C#N)=C3)CC1. The van der Waals surface area contributed by atoms with Gasteiger partial charge in [-0.05, 0) is 38.2 Å². The first kappa shape index (κ1) is 19.1. The van der Waals surface area contributed by atoms with Gasteiger partial charge in [0.25, 0.3) is 0 Å². The Morgan fingerprint density at radius 2 is 2.00 bits per heavy atom. The Balaban J connectivity index is 1.53. The second kappa shape index (κ2) is 7.31. The van der Waals surface area contributed by atoms with Crippen LogP contribution in [-0.4, -0.2) is 65.5 Å². The molecule has 3 aliphatic rings. The topological polar surface area (TPSA) is 122 Å². The summed E-state index contributed by atoms with van der Waals surface area (Å²) in [7, 11) is -3.15. The Kier molecular flexibility index (Phi) is 4.99. The molecule has 2 N–H and O–H groups in total. The molecule has 0 radical (unpaired) electrons. The fourth-order valence-electron chi connectivity index (χ4n) is 3.91. The lowest BCUT2D eigenvalue weighted by Crippen LogP contribution is -2.49. The molecule has 0 amide bonds. The van der Waals surface area contributed by atoms with Gasteiger partial charge in [-0.3, -0.25) is 0 Å². The van der Waals surface area contributed by atoms with E-state index in [4.69, 9.17) is 0 Å². The van der Waals surface area contributed by atoms with Crippen molar-refractivity contribution in [2.24, 2.45) is 0 Å². The Bertz CT molecular complexity index is 929. The Labute approximate surface area is 164 Å². The number of nitrogens with zero attached hydrogens (tertiary/aromatic N) is 5. The number of fused-ring (bicyclic) bond motifs is 1. The lowest BCUT2D eigenvalue weighted by molar-refractivity contribution is 0.176. The summed E-state index contributed by atoms with van der Waals surface area (Å²) in [6.07, 6.45) is 7.96. The molecule has 2 fully saturated rings. The van der Waals surface area contributed by atoms with Crippen LogP contribution in [0.5, 0.6) is 0 Å². The van der Waals surface area contributed by atoms with E-state index >= 15 is 0 Å². The van der Waals surface area contributed by atoms with Gasteiger partial charge in [0, 0.05) is 36.9 Å². The third-order valence-electron chi connectivity index (χ3n) is 5.75. The van der Waals surface area contributed by atoms with Crippen molar-refractivity contribution in [3.05, 3.63) is 17.3 Å². The van der Waals surface area contributed by atoms with Gasteiger partial charge >= 0.3 is 0 Å². The maximum atomic E-state index is 11.7. The molecule has 2 aliphatic heterocycles. The van der Waals surface area contributed by atoms with Crippen molar-refractivity contribution in [2.75, 3.05) is 29.6 Å². The Morgan fingerprint density at radius 3 is 2.57 bits per heavy atom. The second-order valence-electron chi connectivity index (χ2n) is 7.63. The van der Waals surface area contributed by atoms with Crippen LogP contribution in [0.1, 0.15) is 37.7 Å². The average molecular weight is 404 g/mol. The van der Waals surface area contributed by atoms with Crippen LogP contribution >= 0.6 is 0 Å². The number of nitrogens with one attached hydrogen (secondary N) is 1. The van der Waals surface area contributed by atoms with Gasteiger partial charge in [-0.25, -0.2) is 17.7 Å². The third-order valence-corrected chi connectivity index (χ3v) is 7.05. The first-order valence-corrected chi connectivity index (χ1v) is 11.4. The van der Waals surface area contributed by atoms with E-state index in [9.17, 15) is 18.8 Å². The molecule has 1 unspecified atom stereocenters. The van der Waals surface area contributed by atoms with E-state index < -0.39 is 16.3 Å². The first-order chi connectivity index (χ1) is 13.4. The van der Waals surface area contributed by atoms with Gasteiger partial charge in [-0.15, -0.1) is 0 Å². The van der Waals surface area contributed by atoms with Crippen LogP contribution in [0.25, 0.3) is 6.08 Å². The van der Waals surface area contributed by atoms with Crippen LogP contribution in [0.15, 0.2) is 11.8 Å². The van der Waals surface area contributed by atoms with Crippen molar-refractivity contribution in [1.82, 2.24) is 14.3 Å². The molecule has 1 saturated carbocycles. The lowest BCUT2D eigenvalue weighted by Gasteiger charge is -2.43. The smallest absolute Gasteiger partial charge is 0.224 e. The van der Waals surface area contributed by atoms with Crippen LogP contribution in [0.4, 0.5) is 11.8 Å². The zero-order valence-corrected chi connectivity index (χ0v) is 16.6. The van der Waals surface area contributed by atoms with E-state index in [2.05, 4.69) is 21.4 Å². The number of rotatable bonds is 4. The fourth-order valence-corrected chi connectivity index (χ4v) is 4.78. The van der Waals surface area contributed by atoms with Crippen molar-refractivity contribution >= 4 is 27.9 Å². The molecule has 150 valence electrons. The maximum absolute atomic E-state index is 11.7. The number of hydrogen-bond acceptors (Lipinski definition) is 8. The van der Waals surface area contributed by atoms with Gasteiger partial charge in [-0.1, -0.05) is 0 Å². The highest BCUT2D eigenvalue weighted by atomic mass is 32.2. The minimum Gasteiger partial charge on any atom is -0.369 e. The number of nitriles is 1. The number of anilines is 2. The number of sulfonamides is 1. The van der Waals surface area contributed by atoms with Crippen LogP contribution in [0, 0.1) is 11.3 Å². The summed E-state index contributed by atoms with van der Waals surface area (Å²) >= 11 is 0. The summed E-state index contributed by atoms with van der Waals surface area (Å²) in [5, 5.41) is 23.2. The molecule has 1 aromatic heterocycles. The Morgan fingerprint density at radius 1 is 1.29 bits per heavy atom. The fraction of sp³-hybridized carbons (Fsp3) is 0.611. The van der Waals surface area contributed by atoms with Gasteiger partial charge in [0.15, 0.2) is 6.23 Å². The predicted octanol–water partition coefficient (Wildman–Crippen LogP) is 0.910. The van der Waals surface area contributed by atoms with Crippen molar-refractivity contribution < 1.29 is 13.5 Å². The van der Waals surface area contributed by atoms with E-state index in [1.54, 1.807) is 12.3 Å². The summed E-state index contributed by atoms with van der Waals surface area (Å²) in [6, 6.07) is 2.33. The van der Waals surface area contributed by atoms with Crippen LogP contribution in [0.3, 0.4) is 0 Å².